The summed E-state index contributed by atoms with van der Waals surface area (Å²) in [6.07, 6.45) is 0. The van der Waals surface area contributed by atoms with Gasteiger partial charge in [-0.15, -0.1) is 16.4 Å². The molecule has 26 heavy (non-hydrogen) atoms. The Morgan fingerprint density at radius 2 is 2.12 bits per heavy atom. The van der Waals surface area contributed by atoms with E-state index in [0.717, 1.165) is 16.0 Å². The van der Waals surface area contributed by atoms with Gasteiger partial charge >= 0.3 is 0 Å². The van der Waals surface area contributed by atoms with E-state index in [1.165, 1.54) is 23.1 Å². The van der Waals surface area contributed by atoms with E-state index >= 15 is 0 Å². The van der Waals surface area contributed by atoms with Crippen molar-refractivity contribution in [2.24, 2.45) is 0 Å². The summed E-state index contributed by atoms with van der Waals surface area (Å²) in [5.74, 6) is 0.650. The van der Waals surface area contributed by atoms with Crippen LogP contribution in [0.2, 0.25) is 0 Å². The Kier molecular flexibility index (Phi) is 5.25. The molecule has 0 bridgehead atoms. The van der Waals surface area contributed by atoms with Crippen LogP contribution in [-0.2, 0) is 4.79 Å². The molecular formula is C17H15N5O2S2. The molecule has 3 rings (SSSR count). The molecule has 0 unspecified atom stereocenters. The molecule has 0 aliphatic carbocycles. The van der Waals surface area contributed by atoms with Crippen molar-refractivity contribution in [2.75, 3.05) is 11.1 Å². The Morgan fingerprint density at radius 1 is 1.38 bits per heavy atom. The summed E-state index contributed by atoms with van der Waals surface area (Å²) in [6, 6.07) is 8.71. The number of carbonyl (C=O) groups excluding carboxylic acids is 1. The minimum Gasteiger partial charge on any atom is -0.508 e. The molecule has 7 nitrogen and oxygen atoms in total. The zero-order valence-corrected chi connectivity index (χ0v) is 15.7. The highest BCUT2D eigenvalue weighted by molar-refractivity contribution is 7.99. The first-order valence-electron chi connectivity index (χ1n) is 7.62. The summed E-state index contributed by atoms with van der Waals surface area (Å²) < 4.78 is 0. The molecule has 1 aromatic carbocycles. The van der Waals surface area contributed by atoms with Crippen LogP contribution in [0.15, 0.2) is 29.4 Å². The number of aromatic nitrogens is 3. The molecule has 9 heteroatoms. The molecule has 0 aliphatic rings. The maximum absolute atomic E-state index is 12.2. The topological polar surface area (TPSA) is 115 Å². The third kappa shape index (κ3) is 3.87. The zero-order chi connectivity index (χ0) is 18.7. The van der Waals surface area contributed by atoms with Crippen molar-refractivity contribution in [2.45, 2.75) is 19.0 Å². The van der Waals surface area contributed by atoms with E-state index in [0.29, 0.717) is 21.5 Å². The average molecular weight is 385 g/mol. The van der Waals surface area contributed by atoms with Crippen molar-refractivity contribution in [3.8, 4) is 23.2 Å². The second-order valence-electron chi connectivity index (χ2n) is 5.45. The van der Waals surface area contributed by atoms with E-state index in [1.807, 2.05) is 13.8 Å². The van der Waals surface area contributed by atoms with Gasteiger partial charge in [-0.25, -0.2) is 4.98 Å². The lowest BCUT2D eigenvalue weighted by molar-refractivity contribution is -0.113. The average Bonchev–Trinajstić information content (AvgIpc) is 3.19. The number of hydrogen-bond donors (Lipinski definition) is 3. The smallest absolute Gasteiger partial charge is 0.235 e. The van der Waals surface area contributed by atoms with Crippen molar-refractivity contribution >= 4 is 34.0 Å². The van der Waals surface area contributed by atoms with Crippen molar-refractivity contribution in [1.82, 2.24) is 15.2 Å². The largest absolute Gasteiger partial charge is 0.508 e. The van der Waals surface area contributed by atoms with Crippen molar-refractivity contribution in [3.63, 3.8) is 0 Å². The first-order valence-corrected chi connectivity index (χ1v) is 9.42. The van der Waals surface area contributed by atoms with E-state index in [4.69, 9.17) is 0 Å². The second-order valence-corrected chi connectivity index (χ2v) is 7.62. The number of aryl methyl sites for hydroxylation is 1. The van der Waals surface area contributed by atoms with E-state index in [1.54, 1.807) is 24.3 Å². The number of aromatic amines is 1. The van der Waals surface area contributed by atoms with Crippen LogP contribution in [0.1, 0.15) is 16.0 Å². The van der Waals surface area contributed by atoms with Gasteiger partial charge in [0.25, 0.3) is 0 Å². The number of nitriles is 1. The fourth-order valence-corrected chi connectivity index (χ4v) is 3.83. The first-order chi connectivity index (χ1) is 12.5. The Hall–Kier alpha value is -2.83. The molecule has 0 radical (unpaired) electrons. The number of benzene rings is 1. The molecular weight excluding hydrogens is 370 g/mol. The van der Waals surface area contributed by atoms with Gasteiger partial charge in [0.2, 0.25) is 11.1 Å². The molecule has 132 valence electrons. The number of phenolic OH excluding ortho intramolecular Hbond substituents is 1. The molecule has 2 aromatic heterocycles. The fourth-order valence-electron chi connectivity index (χ4n) is 2.20. The lowest BCUT2D eigenvalue weighted by atomic mass is 10.2. The van der Waals surface area contributed by atoms with Crippen LogP contribution in [0.3, 0.4) is 0 Å². The Labute approximate surface area is 158 Å². The number of H-pyrrole nitrogens is 1. The predicted molar refractivity (Wildman–Crippen MR) is 101 cm³/mol. The van der Waals surface area contributed by atoms with Crippen LogP contribution < -0.4 is 5.32 Å². The van der Waals surface area contributed by atoms with Crippen molar-refractivity contribution in [1.29, 1.82) is 5.26 Å². The number of nitrogens with zero attached hydrogens (tertiary/aromatic N) is 3. The molecule has 2 heterocycles. The third-order valence-electron chi connectivity index (χ3n) is 3.69. The van der Waals surface area contributed by atoms with E-state index in [-0.39, 0.29) is 17.4 Å². The molecule has 0 atom stereocenters. The number of aromatic hydroxyl groups is 1. The number of rotatable bonds is 5. The Balaban J connectivity index is 1.61. The normalized spacial score (nSPS) is 10.5. The molecule has 3 N–H and O–H groups in total. The molecule has 3 aromatic rings. The van der Waals surface area contributed by atoms with Crippen LogP contribution in [-0.4, -0.2) is 31.9 Å². The van der Waals surface area contributed by atoms with Gasteiger partial charge in [0.15, 0.2) is 5.82 Å². The quantitative estimate of drug-likeness (QED) is 0.580. The second kappa shape index (κ2) is 7.59. The van der Waals surface area contributed by atoms with Gasteiger partial charge in [0, 0.05) is 10.4 Å². The lowest BCUT2D eigenvalue weighted by Gasteiger charge is -2.01. The van der Waals surface area contributed by atoms with Crippen molar-refractivity contribution in [3.05, 3.63) is 40.3 Å². The zero-order valence-electron chi connectivity index (χ0n) is 14.0. The summed E-state index contributed by atoms with van der Waals surface area (Å²) in [6.45, 7) is 3.79. The maximum Gasteiger partial charge on any atom is 0.235 e. The standard InChI is InChI=1S/C17H15N5O2S2/c1-9-10(2)26-16(13(9)7-18)19-14(24)8-25-17-20-15(21-22-17)11-3-5-12(23)6-4-11/h3-6,23H,8H2,1-2H3,(H,19,24)(H,20,21,22). The van der Waals surface area contributed by atoms with Crippen LogP contribution >= 0.6 is 23.1 Å². The van der Waals surface area contributed by atoms with E-state index < -0.39 is 0 Å². The summed E-state index contributed by atoms with van der Waals surface area (Å²) >= 11 is 2.59. The summed E-state index contributed by atoms with van der Waals surface area (Å²) in [5.41, 5.74) is 2.20. The summed E-state index contributed by atoms with van der Waals surface area (Å²) in [7, 11) is 0. The number of thiophene rings is 1. The number of thioether (sulfide) groups is 1. The fraction of sp³-hybridized carbons (Fsp3) is 0.176. The van der Waals surface area contributed by atoms with Gasteiger partial charge < -0.3 is 10.4 Å². The SMILES string of the molecule is Cc1sc(NC(=O)CSc2n[nH]c(-c3ccc(O)cc3)n2)c(C#N)c1C. The molecule has 1 amide bonds. The molecule has 0 saturated carbocycles. The van der Waals surface area contributed by atoms with Gasteiger partial charge in [0.1, 0.15) is 16.8 Å². The van der Waals surface area contributed by atoms with E-state index in [9.17, 15) is 15.2 Å². The minimum atomic E-state index is -0.219. The summed E-state index contributed by atoms with van der Waals surface area (Å²) in [4.78, 5) is 17.5. The monoisotopic (exact) mass is 385 g/mol. The number of anilines is 1. The Morgan fingerprint density at radius 3 is 2.81 bits per heavy atom. The third-order valence-corrected chi connectivity index (χ3v) is 5.66. The highest BCUT2D eigenvalue weighted by Crippen LogP contribution is 2.31. The van der Waals surface area contributed by atoms with Crippen LogP contribution in [0.4, 0.5) is 5.00 Å². The lowest BCUT2D eigenvalue weighted by Crippen LogP contribution is -2.14. The van der Waals surface area contributed by atoms with Crippen LogP contribution in [0.25, 0.3) is 11.4 Å². The van der Waals surface area contributed by atoms with Crippen LogP contribution in [0.5, 0.6) is 5.75 Å². The molecule has 0 saturated heterocycles. The van der Waals surface area contributed by atoms with Gasteiger partial charge in [0.05, 0.1) is 11.3 Å². The van der Waals surface area contributed by atoms with Gasteiger partial charge in [-0.05, 0) is 43.7 Å². The molecule has 0 aliphatic heterocycles. The molecule has 0 fully saturated rings. The van der Waals surface area contributed by atoms with Gasteiger partial charge in [-0.3, -0.25) is 9.89 Å². The number of carbonyl (C=O) groups is 1. The number of nitrogens with one attached hydrogen (secondary N) is 2. The highest BCUT2D eigenvalue weighted by atomic mass is 32.2. The predicted octanol–water partition coefficient (Wildman–Crippen LogP) is 3.46. The number of amides is 1. The number of phenols is 1. The minimum absolute atomic E-state index is 0.133. The van der Waals surface area contributed by atoms with Crippen molar-refractivity contribution < 1.29 is 9.90 Å². The van der Waals surface area contributed by atoms with Crippen LogP contribution in [0, 0.1) is 25.2 Å². The van der Waals surface area contributed by atoms with Gasteiger partial charge in [-0.2, -0.15) is 5.26 Å². The van der Waals surface area contributed by atoms with E-state index in [2.05, 4.69) is 26.6 Å². The maximum atomic E-state index is 12.2. The highest BCUT2D eigenvalue weighted by Gasteiger charge is 2.15. The first kappa shape index (κ1) is 18.0. The summed E-state index contributed by atoms with van der Waals surface area (Å²) in [5, 5.41) is 29.2. The molecule has 0 spiro atoms. The van der Waals surface area contributed by atoms with Gasteiger partial charge in [-0.1, -0.05) is 11.8 Å². The number of hydrogen-bond acceptors (Lipinski definition) is 7. The Bertz CT molecular complexity index is 986.